The van der Waals surface area contributed by atoms with Crippen molar-refractivity contribution in [3.63, 3.8) is 0 Å². The Labute approximate surface area is 112 Å². The van der Waals surface area contributed by atoms with Crippen molar-refractivity contribution in [1.82, 2.24) is 0 Å². The molecule has 0 aliphatic heterocycles. The first kappa shape index (κ1) is 16.5. The Morgan fingerprint density at radius 1 is 1.41 bits per heavy atom. The van der Waals surface area contributed by atoms with Gasteiger partial charge in [-0.3, -0.25) is 4.79 Å². The Bertz CT molecular complexity index is 333. The minimum atomic E-state index is -1.18. The predicted octanol–water partition coefficient (Wildman–Crippen LogP) is 3.44. The molecule has 1 N–H and O–H groups in total. The molecule has 98 valence electrons. The van der Waals surface area contributed by atoms with Crippen LogP contribution in [0.3, 0.4) is 0 Å². The molecule has 0 saturated carbocycles. The Hall–Kier alpha value is -0.540. The highest BCUT2D eigenvalue weighted by Gasteiger charge is 2.25. The number of aldehydes is 1. The van der Waals surface area contributed by atoms with Crippen LogP contribution in [0, 0.1) is 11.3 Å². The lowest BCUT2D eigenvalue weighted by molar-refractivity contribution is -0.115. The lowest BCUT2D eigenvalue weighted by Gasteiger charge is -2.22. The average molecular weight is 281 g/mol. The van der Waals surface area contributed by atoms with E-state index in [9.17, 15) is 14.7 Å². The molecular formula is C12H18Cl2O3. The highest BCUT2D eigenvalue weighted by Crippen LogP contribution is 2.28. The zero-order valence-electron chi connectivity index (χ0n) is 10.5. The van der Waals surface area contributed by atoms with Gasteiger partial charge in [-0.2, -0.15) is 0 Å². The van der Waals surface area contributed by atoms with Gasteiger partial charge in [0, 0.05) is 16.9 Å². The summed E-state index contributed by atoms with van der Waals surface area (Å²) < 4.78 is 0. The number of aliphatic hydroxyl groups excluding tert-OH is 1. The molecule has 0 aromatic heterocycles. The van der Waals surface area contributed by atoms with Crippen LogP contribution in [0.1, 0.15) is 34.1 Å². The van der Waals surface area contributed by atoms with Gasteiger partial charge in [0.05, 0.1) is 0 Å². The number of alkyl halides is 2. The van der Waals surface area contributed by atoms with Crippen LogP contribution < -0.4 is 0 Å². The van der Waals surface area contributed by atoms with E-state index >= 15 is 0 Å². The van der Waals surface area contributed by atoms with E-state index in [0.29, 0.717) is 6.42 Å². The first-order valence-corrected chi connectivity index (χ1v) is 6.18. The van der Waals surface area contributed by atoms with Crippen molar-refractivity contribution in [3.8, 4) is 0 Å². The Morgan fingerprint density at radius 3 is 2.24 bits per heavy atom. The topological polar surface area (TPSA) is 54.4 Å². The van der Waals surface area contributed by atoms with Gasteiger partial charge >= 0.3 is 0 Å². The third kappa shape index (κ3) is 5.09. The molecule has 0 fully saturated rings. The van der Waals surface area contributed by atoms with Crippen LogP contribution in [0.5, 0.6) is 0 Å². The molecule has 0 bridgehead atoms. The highest BCUT2D eigenvalue weighted by molar-refractivity contribution is 6.55. The van der Waals surface area contributed by atoms with E-state index in [4.69, 9.17) is 23.2 Å². The van der Waals surface area contributed by atoms with E-state index in [0.717, 1.165) is 6.29 Å². The normalized spacial score (nSPS) is 15.5. The number of ketones is 1. The van der Waals surface area contributed by atoms with Crippen LogP contribution in [-0.2, 0) is 9.59 Å². The molecule has 17 heavy (non-hydrogen) atoms. The monoisotopic (exact) mass is 280 g/mol. The SMILES string of the molecule is C/C(C(=O)C(Cl)Cl)=C(/O)C(C)CC(C)(C)C=O. The molecular weight excluding hydrogens is 263 g/mol. The van der Waals surface area contributed by atoms with E-state index < -0.39 is 16.0 Å². The summed E-state index contributed by atoms with van der Waals surface area (Å²) in [6.07, 6.45) is 1.28. The molecule has 0 heterocycles. The number of Topliss-reactive ketones (excluding diaryl/α,β-unsaturated/α-hetero) is 1. The van der Waals surface area contributed by atoms with Gasteiger partial charge in [0.15, 0.2) is 10.6 Å². The Morgan fingerprint density at radius 2 is 1.88 bits per heavy atom. The van der Waals surface area contributed by atoms with Gasteiger partial charge in [0.1, 0.15) is 12.0 Å². The Balaban J connectivity index is 4.91. The van der Waals surface area contributed by atoms with Crippen molar-refractivity contribution >= 4 is 35.3 Å². The summed E-state index contributed by atoms with van der Waals surface area (Å²) in [4.78, 5) is 21.1. The molecule has 0 rings (SSSR count). The second kappa shape index (κ2) is 6.41. The quantitative estimate of drug-likeness (QED) is 0.351. The summed E-state index contributed by atoms with van der Waals surface area (Å²) in [5, 5.41) is 9.89. The van der Waals surface area contributed by atoms with Crippen LogP contribution in [0.25, 0.3) is 0 Å². The van der Waals surface area contributed by atoms with Crippen molar-refractivity contribution in [1.29, 1.82) is 0 Å². The minimum Gasteiger partial charge on any atom is -0.512 e. The van der Waals surface area contributed by atoms with Crippen LogP contribution in [0.2, 0.25) is 0 Å². The number of carbonyl (C=O) groups is 2. The summed E-state index contributed by atoms with van der Waals surface area (Å²) in [6.45, 7) is 6.76. The van der Waals surface area contributed by atoms with Crippen LogP contribution >= 0.6 is 23.2 Å². The van der Waals surface area contributed by atoms with Gasteiger partial charge < -0.3 is 9.90 Å². The maximum Gasteiger partial charge on any atom is 0.194 e. The van der Waals surface area contributed by atoms with E-state index in [-0.39, 0.29) is 17.3 Å². The lowest BCUT2D eigenvalue weighted by atomic mass is 9.83. The predicted molar refractivity (Wildman–Crippen MR) is 69.5 cm³/mol. The molecule has 0 saturated heterocycles. The molecule has 0 radical (unpaired) electrons. The Kier molecular flexibility index (Phi) is 6.20. The summed E-state index contributed by atoms with van der Waals surface area (Å²) in [5.41, 5.74) is -0.396. The van der Waals surface area contributed by atoms with E-state index in [1.54, 1.807) is 20.8 Å². The van der Waals surface area contributed by atoms with Crippen LogP contribution in [-0.4, -0.2) is 22.0 Å². The molecule has 0 spiro atoms. The number of hydrogen-bond donors (Lipinski definition) is 1. The average Bonchev–Trinajstić information content (AvgIpc) is 2.25. The maximum atomic E-state index is 11.5. The minimum absolute atomic E-state index is 0.0591. The number of aliphatic hydroxyl groups is 1. The van der Waals surface area contributed by atoms with Crippen LogP contribution in [0.4, 0.5) is 0 Å². The zero-order valence-corrected chi connectivity index (χ0v) is 12.0. The van der Waals surface area contributed by atoms with Gasteiger partial charge in [-0.25, -0.2) is 0 Å². The zero-order chi connectivity index (χ0) is 13.8. The molecule has 0 aromatic carbocycles. The largest absolute Gasteiger partial charge is 0.512 e. The second-order valence-corrected chi connectivity index (χ2v) is 5.98. The summed E-state index contributed by atoms with van der Waals surface area (Å²) in [6, 6.07) is 0. The highest BCUT2D eigenvalue weighted by atomic mass is 35.5. The molecule has 1 unspecified atom stereocenters. The van der Waals surface area contributed by atoms with Gasteiger partial charge in [-0.1, -0.05) is 44.0 Å². The molecule has 3 nitrogen and oxygen atoms in total. The fourth-order valence-electron chi connectivity index (χ4n) is 1.59. The van der Waals surface area contributed by atoms with E-state index in [1.165, 1.54) is 6.92 Å². The van der Waals surface area contributed by atoms with Gasteiger partial charge in [0.2, 0.25) is 0 Å². The first-order valence-electron chi connectivity index (χ1n) is 5.31. The molecule has 0 aliphatic carbocycles. The van der Waals surface area contributed by atoms with Crippen LogP contribution in [0.15, 0.2) is 11.3 Å². The lowest BCUT2D eigenvalue weighted by Crippen LogP contribution is -2.20. The third-order valence-corrected chi connectivity index (χ3v) is 2.97. The van der Waals surface area contributed by atoms with Gasteiger partial charge in [0.25, 0.3) is 0 Å². The number of halogens is 2. The van der Waals surface area contributed by atoms with Crippen molar-refractivity contribution in [2.45, 2.75) is 39.0 Å². The first-order chi connectivity index (χ1) is 7.62. The number of carbonyl (C=O) groups excluding carboxylic acids is 2. The summed E-state index contributed by atoms with van der Waals surface area (Å²) in [7, 11) is 0. The standard InChI is InChI=1S/C12H18Cl2O3/c1-7(5-12(3,4)6-15)9(16)8(2)10(17)11(13)14/h6-7,11,16H,5H2,1-4H3/b9-8-. The molecule has 1 atom stereocenters. The summed E-state index contributed by atoms with van der Waals surface area (Å²) >= 11 is 10.9. The smallest absolute Gasteiger partial charge is 0.194 e. The maximum absolute atomic E-state index is 11.5. The van der Waals surface area contributed by atoms with Gasteiger partial charge in [-0.05, 0) is 13.3 Å². The molecule has 0 aliphatic rings. The van der Waals surface area contributed by atoms with Gasteiger partial charge in [-0.15, -0.1) is 0 Å². The number of rotatable bonds is 6. The fraction of sp³-hybridized carbons (Fsp3) is 0.667. The third-order valence-electron chi connectivity index (χ3n) is 2.57. The van der Waals surface area contributed by atoms with Crippen molar-refractivity contribution in [3.05, 3.63) is 11.3 Å². The molecule has 5 heteroatoms. The van der Waals surface area contributed by atoms with Crippen molar-refractivity contribution in [2.24, 2.45) is 11.3 Å². The second-order valence-electron chi connectivity index (χ2n) is 4.89. The van der Waals surface area contributed by atoms with Crippen molar-refractivity contribution in [2.75, 3.05) is 0 Å². The molecule has 0 aromatic rings. The fourth-order valence-corrected chi connectivity index (χ4v) is 1.92. The van der Waals surface area contributed by atoms with E-state index in [1.807, 2.05) is 0 Å². The number of allylic oxidation sites excluding steroid dienone is 2. The molecule has 0 amide bonds. The van der Waals surface area contributed by atoms with E-state index in [2.05, 4.69) is 0 Å². The summed E-state index contributed by atoms with van der Waals surface area (Å²) in [5.74, 6) is -0.871. The number of hydrogen-bond acceptors (Lipinski definition) is 3. The van der Waals surface area contributed by atoms with Crippen molar-refractivity contribution < 1.29 is 14.7 Å².